The number of carbonyl (C=O) groups excluding carboxylic acids is 1. The fourth-order valence-corrected chi connectivity index (χ4v) is 2.67. The predicted octanol–water partition coefficient (Wildman–Crippen LogP) is 4.77. The van der Waals surface area contributed by atoms with Crippen LogP contribution in [0.2, 0.25) is 5.02 Å². The van der Waals surface area contributed by atoms with Gasteiger partial charge in [-0.1, -0.05) is 54.9 Å². The Morgan fingerprint density at radius 3 is 2.50 bits per heavy atom. The Morgan fingerprint density at radius 1 is 1.14 bits per heavy atom. The topological polar surface area (TPSA) is 29.1 Å². The van der Waals surface area contributed by atoms with Gasteiger partial charge in [-0.25, -0.2) is 0 Å². The van der Waals surface area contributed by atoms with Gasteiger partial charge >= 0.3 is 0 Å². The third kappa shape index (κ3) is 4.11. The highest BCUT2D eigenvalue weighted by Crippen LogP contribution is 2.21. The first-order chi connectivity index (χ1) is 10.5. The normalized spacial score (nSPS) is 12.0. The number of rotatable bonds is 5. The quantitative estimate of drug-likeness (QED) is 0.846. The Hall–Kier alpha value is -1.80. The maximum Gasteiger partial charge on any atom is 0.224 e. The molecule has 2 rings (SSSR count). The maximum absolute atomic E-state index is 12.3. The third-order valence-corrected chi connectivity index (χ3v) is 4.35. The summed E-state index contributed by atoms with van der Waals surface area (Å²) >= 11 is 6.11. The number of aryl methyl sites for hydroxylation is 2. The average molecular weight is 316 g/mol. The molecule has 2 aromatic rings. The van der Waals surface area contributed by atoms with Crippen LogP contribution in [0.3, 0.4) is 0 Å². The van der Waals surface area contributed by atoms with E-state index in [4.69, 9.17) is 11.6 Å². The van der Waals surface area contributed by atoms with Gasteiger partial charge in [-0.2, -0.15) is 0 Å². The summed E-state index contributed by atoms with van der Waals surface area (Å²) in [6.45, 7) is 6.27. The third-order valence-electron chi connectivity index (χ3n) is 3.99. The molecule has 0 aliphatic rings. The lowest BCUT2D eigenvalue weighted by molar-refractivity contribution is -0.121. The Morgan fingerprint density at radius 2 is 1.86 bits per heavy atom. The summed E-state index contributed by atoms with van der Waals surface area (Å²) < 4.78 is 0. The average Bonchev–Trinajstić information content (AvgIpc) is 2.50. The molecular weight excluding hydrogens is 294 g/mol. The number of benzene rings is 2. The van der Waals surface area contributed by atoms with Crippen LogP contribution in [-0.4, -0.2) is 5.91 Å². The zero-order valence-corrected chi connectivity index (χ0v) is 14.1. The van der Waals surface area contributed by atoms with Crippen LogP contribution in [0.15, 0.2) is 42.5 Å². The maximum atomic E-state index is 12.3. The molecule has 3 heteroatoms. The lowest BCUT2D eigenvalue weighted by Gasteiger charge is -2.19. The molecule has 0 aliphatic heterocycles. The van der Waals surface area contributed by atoms with Crippen LogP contribution in [0.1, 0.15) is 41.6 Å². The number of hydrogen-bond donors (Lipinski definition) is 1. The summed E-state index contributed by atoms with van der Waals surface area (Å²) in [5.74, 6) is -0.00169. The molecule has 0 saturated heterocycles. The molecule has 0 fully saturated rings. The van der Waals surface area contributed by atoms with E-state index in [9.17, 15) is 4.79 Å². The van der Waals surface area contributed by atoms with Gasteiger partial charge in [0, 0.05) is 5.02 Å². The van der Waals surface area contributed by atoms with Crippen molar-refractivity contribution in [2.24, 2.45) is 0 Å². The molecule has 0 radical (unpaired) electrons. The summed E-state index contributed by atoms with van der Waals surface area (Å²) in [6, 6.07) is 13.8. The van der Waals surface area contributed by atoms with E-state index in [2.05, 4.69) is 44.3 Å². The van der Waals surface area contributed by atoms with Crippen molar-refractivity contribution in [3.8, 4) is 0 Å². The van der Waals surface area contributed by atoms with Crippen molar-refractivity contribution in [3.05, 3.63) is 69.7 Å². The Bertz CT molecular complexity index is 666. The zero-order valence-electron chi connectivity index (χ0n) is 13.3. The smallest absolute Gasteiger partial charge is 0.224 e. The lowest BCUT2D eigenvalue weighted by atomic mass is 9.99. The molecule has 0 bridgehead atoms. The van der Waals surface area contributed by atoms with E-state index >= 15 is 0 Å². The second-order valence-corrected chi connectivity index (χ2v) is 6.05. The highest BCUT2D eigenvalue weighted by molar-refractivity contribution is 6.31. The van der Waals surface area contributed by atoms with Gasteiger partial charge in [0.05, 0.1) is 12.5 Å². The molecule has 22 heavy (non-hydrogen) atoms. The molecular formula is C19H22ClNO. The van der Waals surface area contributed by atoms with E-state index in [1.807, 2.05) is 24.3 Å². The van der Waals surface area contributed by atoms with Crippen molar-refractivity contribution < 1.29 is 4.79 Å². The molecule has 2 aromatic carbocycles. The van der Waals surface area contributed by atoms with E-state index in [0.29, 0.717) is 11.4 Å². The summed E-state index contributed by atoms with van der Waals surface area (Å²) in [7, 11) is 0. The first kappa shape index (κ1) is 16.6. The number of nitrogens with one attached hydrogen (secondary N) is 1. The minimum Gasteiger partial charge on any atom is -0.349 e. The molecule has 1 amide bonds. The SMILES string of the molecule is CC[C@H](NC(=O)Cc1ccccc1Cl)c1ccc(C)c(C)c1. The fourth-order valence-electron chi connectivity index (χ4n) is 2.46. The zero-order chi connectivity index (χ0) is 16.1. The van der Waals surface area contributed by atoms with Crippen molar-refractivity contribution in [1.82, 2.24) is 5.32 Å². The summed E-state index contributed by atoms with van der Waals surface area (Å²) in [4.78, 5) is 12.3. The van der Waals surface area contributed by atoms with Crippen LogP contribution < -0.4 is 5.32 Å². The second-order valence-electron chi connectivity index (χ2n) is 5.64. The van der Waals surface area contributed by atoms with Gasteiger partial charge in [-0.15, -0.1) is 0 Å². The molecule has 0 spiro atoms. The van der Waals surface area contributed by atoms with Crippen LogP contribution in [0.25, 0.3) is 0 Å². The Kier molecular flexibility index (Phi) is 5.62. The van der Waals surface area contributed by atoms with E-state index in [0.717, 1.165) is 17.5 Å². The van der Waals surface area contributed by atoms with E-state index in [-0.39, 0.29) is 11.9 Å². The van der Waals surface area contributed by atoms with Gasteiger partial charge in [0.25, 0.3) is 0 Å². The van der Waals surface area contributed by atoms with Crippen molar-refractivity contribution in [2.45, 2.75) is 39.7 Å². The Labute approximate surface area is 137 Å². The summed E-state index contributed by atoms with van der Waals surface area (Å²) in [5.41, 5.74) is 4.52. The van der Waals surface area contributed by atoms with Crippen molar-refractivity contribution in [3.63, 3.8) is 0 Å². The highest BCUT2D eigenvalue weighted by Gasteiger charge is 2.14. The molecule has 0 saturated carbocycles. The first-order valence-electron chi connectivity index (χ1n) is 7.61. The van der Waals surface area contributed by atoms with Gasteiger partial charge in [0.1, 0.15) is 0 Å². The number of amides is 1. The molecule has 0 aliphatic carbocycles. The fraction of sp³-hybridized carbons (Fsp3) is 0.316. The lowest BCUT2D eigenvalue weighted by Crippen LogP contribution is -2.29. The van der Waals surface area contributed by atoms with Crippen LogP contribution in [-0.2, 0) is 11.2 Å². The second kappa shape index (κ2) is 7.46. The van der Waals surface area contributed by atoms with Crippen LogP contribution in [0.5, 0.6) is 0 Å². The molecule has 0 unspecified atom stereocenters. The van der Waals surface area contributed by atoms with Crippen molar-refractivity contribution >= 4 is 17.5 Å². The summed E-state index contributed by atoms with van der Waals surface area (Å²) in [5, 5.41) is 3.74. The molecule has 1 N–H and O–H groups in total. The number of hydrogen-bond acceptors (Lipinski definition) is 1. The highest BCUT2D eigenvalue weighted by atomic mass is 35.5. The predicted molar refractivity (Wildman–Crippen MR) is 92.2 cm³/mol. The van der Waals surface area contributed by atoms with Crippen molar-refractivity contribution in [2.75, 3.05) is 0 Å². The standard InChI is InChI=1S/C19H22ClNO/c1-4-18(16-10-9-13(2)14(3)11-16)21-19(22)12-15-7-5-6-8-17(15)20/h5-11,18H,4,12H2,1-3H3,(H,21,22)/t18-/m0/s1. The number of halogens is 1. The van der Waals surface area contributed by atoms with Crippen LogP contribution in [0, 0.1) is 13.8 Å². The first-order valence-corrected chi connectivity index (χ1v) is 7.99. The Balaban J connectivity index is 2.08. The van der Waals surface area contributed by atoms with E-state index < -0.39 is 0 Å². The van der Waals surface area contributed by atoms with Crippen molar-refractivity contribution in [1.29, 1.82) is 0 Å². The van der Waals surface area contributed by atoms with E-state index in [1.165, 1.54) is 11.1 Å². The molecule has 1 atom stereocenters. The van der Waals surface area contributed by atoms with Gasteiger partial charge in [-0.3, -0.25) is 4.79 Å². The minimum atomic E-state index is -0.00169. The molecule has 0 heterocycles. The van der Waals surface area contributed by atoms with Gasteiger partial charge < -0.3 is 5.32 Å². The molecule has 2 nitrogen and oxygen atoms in total. The largest absolute Gasteiger partial charge is 0.349 e. The number of carbonyl (C=O) groups is 1. The minimum absolute atomic E-state index is 0.00169. The monoisotopic (exact) mass is 315 g/mol. The van der Waals surface area contributed by atoms with Crippen LogP contribution in [0.4, 0.5) is 0 Å². The van der Waals surface area contributed by atoms with Gasteiger partial charge in [0.2, 0.25) is 5.91 Å². The van der Waals surface area contributed by atoms with Gasteiger partial charge in [0.15, 0.2) is 0 Å². The van der Waals surface area contributed by atoms with Gasteiger partial charge in [-0.05, 0) is 48.6 Å². The molecule has 0 aromatic heterocycles. The molecule has 116 valence electrons. The van der Waals surface area contributed by atoms with E-state index in [1.54, 1.807) is 0 Å². The summed E-state index contributed by atoms with van der Waals surface area (Å²) in [6.07, 6.45) is 1.16. The van der Waals surface area contributed by atoms with Crippen LogP contribution >= 0.6 is 11.6 Å².